The average molecular weight is 489 g/mol. The Balaban J connectivity index is 1.82. The van der Waals surface area contributed by atoms with Crippen molar-refractivity contribution in [3.05, 3.63) is 83.9 Å². The van der Waals surface area contributed by atoms with Crippen LogP contribution in [0.1, 0.15) is 12.5 Å². The lowest BCUT2D eigenvalue weighted by Gasteiger charge is -2.36. The first-order chi connectivity index (χ1) is 17.0. The number of methoxy groups -OCH3 is 2. The molecule has 0 aromatic heterocycles. The Labute approximate surface area is 209 Å². The fraction of sp³-hybridized carbons (Fsp3) is 0.148. The summed E-state index contributed by atoms with van der Waals surface area (Å²) in [7, 11) is 3.06. The topological polar surface area (TPSA) is 68.3 Å². The van der Waals surface area contributed by atoms with Crippen LogP contribution in [0.4, 0.5) is 11.4 Å². The molecule has 178 valence electrons. The highest BCUT2D eigenvalue weighted by Crippen LogP contribution is 2.32. The largest absolute Gasteiger partial charge is 0.494 e. The molecule has 8 heteroatoms. The summed E-state index contributed by atoms with van der Waals surface area (Å²) < 4.78 is 16.2. The molecular weight excluding hydrogens is 464 g/mol. The van der Waals surface area contributed by atoms with Gasteiger partial charge < -0.3 is 14.2 Å². The molecule has 1 aliphatic rings. The molecule has 2 amide bonds. The van der Waals surface area contributed by atoms with E-state index >= 15 is 0 Å². The summed E-state index contributed by atoms with van der Waals surface area (Å²) in [5, 5.41) is 0.0693. The molecule has 4 rings (SSSR count). The molecule has 1 heterocycles. The van der Waals surface area contributed by atoms with Crippen LogP contribution < -0.4 is 24.0 Å². The van der Waals surface area contributed by atoms with E-state index in [1.165, 1.54) is 30.1 Å². The van der Waals surface area contributed by atoms with Gasteiger partial charge in [0, 0.05) is 0 Å². The molecule has 0 N–H and O–H groups in total. The number of thiocarbonyl (C=S) groups is 1. The lowest BCUT2D eigenvalue weighted by molar-refractivity contribution is -0.120. The molecule has 7 nitrogen and oxygen atoms in total. The summed E-state index contributed by atoms with van der Waals surface area (Å²) in [6, 6.07) is 21.2. The molecular formula is C27H24N2O5S. The Hall–Kier alpha value is -4.17. The number of carbonyl (C=O) groups excluding carboxylic acids is 2. The Morgan fingerprint density at radius 3 is 1.97 bits per heavy atom. The number of amides is 2. The zero-order valence-electron chi connectivity index (χ0n) is 19.6. The van der Waals surface area contributed by atoms with Gasteiger partial charge in [0.2, 0.25) is 0 Å². The van der Waals surface area contributed by atoms with Crippen LogP contribution >= 0.6 is 12.2 Å². The van der Waals surface area contributed by atoms with E-state index in [0.717, 1.165) is 0 Å². The molecule has 3 aromatic rings. The van der Waals surface area contributed by atoms with Crippen LogP contribution in [0.2, 0.25) is 0 Å². The number of hydrogen-bond donors (Lipinski definition) is 0. The van der Waals surface area contributed by atoms with Crippen molar-refractivity contribution in [1.29, 1.82) is 0 Å². The van der Waals surface area contributed by atoms with Crippen molar-refractivity contribution < 1.29 is 23.8 Å². The minimum absolute atomic E-state index is 0.0384. The molecule has 3 aromatic carbocycles. The number of carbonyl (C=O) groups is 2. The van der Waals surface area contributed by atoms with Crippen LogP contribution in [0, 0.1) is 0 Å². The number of anilines is 2. The van der Waals surface area contributed by atoms with Gasteiger partial charge in [-0.1, -0.05) is 24.3 Å². The zero-order valence-corrected chi connectivity index (χ0v) is 20.4. The average Bonchev–Trinajstić information content (AvgIpc) is 2.88. The van der Waals surface area contributed by atoms with Crippen molar-refractivity contribution in [2.75, 3.05) is 30.6 Å². The van der Waals surface area contributed by atoms with Crippen LogP contribution in [0.15, 0.2) is 78.4 Å². The molecule has 35 heavy (non-hydrogen) atoms. The second kappa shape index (κ2) is 10.4. The summed E-state index contributed by atoms with van der Waals surface area (Å²) in [5.41, 5.74) is 1.65. The number of ether oxygens (including phenoxy) is 3. The minimum Gasteiger partial charge on any atom is -0.494 e. The number of hydrogen-bond acceptors (Lipinski definition) is 6. The fourth-order valence-corrected chi connectivity index (χ4v) is 4.11. The third-order valence-corrected chi connectivity index (χ3v) is 5.75. The van der Waals surface area contributed by atoms with Crippen LogP contribution in [0.25, 0.3) is 6.08 Å². The van der Waals surface area contributed by atoms with E-state index in [1.807, 2.05) is 13.0 Å². The second-order valence-corrected chi connectivity index (χ2v) is 7.86. The maximum Gasteiger partial charge on any atom is 0.270 e. The van der Waals surface area contributed by atoms with E-state index in [9.17, 15) is 9.59 Å². The first kappa shape index (κ1) is 24.0. The summed E-state index contributed by atoms with van der Waals surface area (Å²) in [5.74, 6) is 0.661. The highest BCUT2D eigenvalue weighted by Gasteiger charge is 2.41. The monoisotopic (exact) mass is 488 g/mol. The first-order valence-electron chi connectivity index (χ1n) is 10.9. The van der Waals surface area contributed by atoms with Crippen molar-refractivity contribution >= 4 is 46.6 Å². The normalized spacial score (nSPS) is 14.9. The molecule has 0 saturated carbocycles. The number of nitrogens with zero attached hydrogens (tertiary/aromatic N) is 2. The van der Waals surface area contributed by atoms with Gasteiger partial charge in [0.15, 0.2) is 16.6 Å². The van der Waals surface area contributed by atoms with Gasteiger partial charge in [0.05, 0.1) is 32.2 Å². The molecule has 1 aliphatic heterocycles. The third-order valence-electron chi connectivity index (χ3n) is 5.39. The Morgan fingerprint density at radius 1 is 0.800 bits per heavy atom. The van der Waals surface area contributed by atoms with Crippen molar-refractivity contribution in [1.82, 2.24) is 0 Å². The second-order valence-electron chi connectivity index (χ2n) is 7.50. The standard InChI is InChI=1S/C27H24N2O5S/c1-4-34-21-13-11-20(12-14-21)29-26(31)22(16-18-10-15-23(32-2)24(17-18)33-3)25(30)28(27(29)35)19-8-6-5-7-9-19/h5-17H,4H2,1-3H3. The Morgan fingerprint density at radius 2 is 1.40 bits per heavy atom. The lowest BCUT2D eigenvalue weighted by atomic mass is 10.0. The minimum atomic E-state index is -0.522. The molecule has 1 saturated heterocycles. The molecule has 0 atom stereocenters. The summed E-state index contributed by atoms with van der Waals surface area (Å²) >= 11 is 5.66. The molecule has 0 radical (unpaired) electrons. The van der Waals surface area contributed by atoms with Crippen LogP contribution in [0.5, 0.6) is 17.2 Å². The van der Waals surface area contributed by atoms with Gasteiger partial charge in [-0.2, -0.15) is 0 Å². The highest BCUT2D eigenvalue weighted by atomic mass is 32.1. The van der Waals surface area contributed by atoms with Gasteiger partial charge in [-0.3, -0.25) is 19.4 Å². The number of benzene rings is 3. The quantitative estimate of drug-likeness (QED) is 0.269. The van der Waals surface area contributed by atoms with Crippen LogP contribution in [-0.4, -0.2) is 37.8 Å². The van der Waals surface area contributed by atoms with Crippen LogP contribution in [-0.2, 0) is 9.59 Å². The van der Waals surface area contributed by atoms with E-state index in [2.05, 4.69) is 0 Å². The summed E-state index contributed by atoms with van der Waals surface area (Å²) in [6.07, 6.45) is 1.53. The predicted octanol–water partition coefficient (Wildman–Crippen LogP) is 4.85. The van der Waals surface area contributed by atoms with E-state index in [0.29, 0.717) is 40.8 Å². The van der Waals surface area contributed by atoms with E-state index in [1.54, 1.807) is 66.7 Å². The molecule has 0 bridgehead atoms. The van der Waals surface area contributed by atoms with Crippen molar-refractivity contribution in [2.45, 2.75) is 6.92 Å². The van der Waals surface area contributed by atoms with Gasteiger partial charge in [-0.15, -0.1) is 0 Å². The molecule has 1 fully saturated rings. The molecule has 0 aliphatic carbocycles. The van der Waals surface area contributed by atoms with Gasteiger partial charge in [0.25, 0.3) is 11.8 Å². The maximum absolute atomic E-state index is 13.7. The van der Waals surface area contributed by atoms with Gasteiger partial charge in [-0.25, -0.2) is 0 Å². The molecule has 0 spiro atoms. The fourth-order valence-electron chi connectivity index (χ4n) is 3.73. The van der Waals surface area contributed by atoms with Crippen molar-refractivity contribution in [3.63, 3.8) is 0 Å². The van der Waals surface area contributed by atoms with Crippen molar-refractivity contribution in [3.8, 4) is 17.2 Å². The summed E-state index contributed by atoms with van der Waals surface area (Å²) in [4.78, 5) is 30.0. The van der Waals surface area contributed by atoms with E-state index < -0.39 is 11.8 Å². The number of rotatable bonds is 7. The SMILES string of the molecule is CCOc1ccc(N2C(=O)C(=Cc3ccc(OC)c(OC)c3)C(=O)N(c3ccccc3)C2=S)cc1. The first-order valence-corrected chi connectivity index (χ1v) is 11.3. The van der Waals surface area contributed by atoms with Crippen LogP contribution in [0.3, 0.4) is 0 Å². The maximum atomic E-state index is 13.7. The van der Waals surface area contributed by atoms with Gasteiger partial charge >= 0.3 is 0 Å². The van der Waals surface area contributed by atoms with Gasteiger partial charge in [-0.05, 0) is 79.3 Å². The van der Waals surface area contributed by atoms with Gasteiger partial charge in [0.1, 0.15) is 11.3 Å². The molecule has 0 unspecified atom stereocenters. The zero-order chi connectivity index (χ0) is 24.9. The van der Waals surface area contributed by atoms with Crippen molar-refractivity contribution in [2.24, 2.45) is 0 Å². The third kappa shape index (κ3) is 4.74. The lowest BCUT2D eigenvalue weighted by Crippen LogP contribution is -2.56. The highest BCUT2D eigenvalue weighted by molar-refractivity contribution is 7.81. The van der Waals surface area contributed by atoms with E-state index in [-0.39, 0.29) is 10.7 Å². The smallest absolute Gasteiger partial charge is 0.270 e. The predicted molar refractivity (Wildman–Crippen MR) is 139 cm³/mol. The summed E-state index contributed by atoms with van der Waals surface area (Å²) in [6.45, 7) is 2.42. The van der Waals surface area contributed by atoms with E-state index in [4.69, 9.17) is 26.4 Å². The Bertz CT molecular complexity index is 1290. The number of para-hydroxylation sites is 1. The Kier molecular flexibility index (Phi) is 7.12.